The fourth-order valence-corrected chi connectivity index (χ4v) is 2.00. The quantitative estimate of drug-likeness (QED) is 0.884. The number of aryl methyl sites for hydroxylation is 1. The summed E-state index contributed by atoms with van der Waals surface area (Å²) in [5, 5.41) is 0. The Morgan fingerprint density at radius 1 is 1.28 bits per heavy atom. The summed E-state index contributed by atoms with van der Waals surface area (Å²) in [5.74, 6) is 0. The molecule has 0 bridgehead atoms. The zero-order valence-electron chi connectivity index (χ0n) is 12.7. The number of anilines is 1. The Bertz CT molecular complexity index is 389. The van der Waals surface area contributed by atoms with Crippen LogP contribution in [0.5, 0.6) is 0 Å². The Balaban J connectivity index is 2.93. The number of nitrogens with zero attached hydrogens (tertiary/aromatic N) is 1. The lowest BCUT2D eigenvalue weighted by Gasteiger charge is -2.26. The third-order valence-corrected chi connectivity index (χ3v) is 3.41. The largest absolute Gasteiger partial charge is 0.374 e. The average molecular weight is 248 g/mol. The monoisotopic (exact) mass is 248 g/mol. The minimum Gasteiger partial charge on any atom is -0.374 e. The fourth-order valence-electron chi connectivity index (χ4n) is 2.00. The smallest absolute Gasteiger partial charge is 0.0396 e. The second kappa shape index (κ2) is 5.75. The Morgan fingerprint density at radius 3 is 2.39 bits per heavy atom. The van der Waals surface area contributed by atoms with E-state index in [9.17, 15) is 0 Å². The maximum Gasteiger partial charge on any atom is 0.0396 e. The molecule has 1 aromatic rings. The predicted octanol–water partition coefficient (Wildman–Crippen LogP) is 3.47. The van der Waals surface area contributed by atoms with Crippen molar-refractivity contribution in [3.05, 3.63) is 29.3 Å². The Hall–Kier alpha value is -1.02. The molecule has 2 nitrogen and oxygen atoms in total. The van der Waals surface area contributed by atoms with Gasteiger partial charge in [0.15, 0.2) is 0 Å². The van der Waals surface area contributed by atoms with Crippen LogP contribution < -0.4 is 10.6 Å². The first-order valence-electron chi connectivity index (χ1n) is 6.79. The first-order chi connectivity index (χ1) is 8.21. The van der Waals surface area contributed by atoms with Gasteiger partial charge in [-0.25, -0.2) is 0 Å². The van der Waals surface area contributed by atoms with Crippen molar-refractivity contribution in [2.45, 2.75) is 52.5 Å². The minimum absolute atomic E-state index is 0.199. The van der Waals surface area contributed by atoms with Crippen molar-refractivity contribution in [1.29, 1.82) is 0 Å². The SMILES string of the molecule is Cc1ccc(C(C)(C)C)cc1N(C)CCC(C)N. The molecule has 0 saturated carbocycles. The van der Waals surface area contributed by atoms with E-state index < -0.39 is 0 Å². The summed E-state index contributed by atoms with van der Waals surface area (Å²) in [6, 6.07) is 7.03. The van der Waals surface area contributed by atoms with Gasteiger partial charge in [0.05, 0.1) is 0 Å². The molecule has 0 aliphatic rings. The molecule has 0 aliphatic carbocycles. The van der Waals surface area contributed by atoms with Gasteiger partial charge in [0.1, 0.15) is 0 Å². The molecule has 0 fully saturated rings. The number of hydrogen-bond donors (Lipinski definition) is 1. The summed E-state index contributed by atoms with van der Waals surface area (Å²) in [4.78, 5) is 2.31. The molecule has 0 amide bonds. The number of hydrogen-bond acceptors (Lipinski definition) is 2. The Kier molecular flexibility index (Phi) is 4.80. The normalized spacial score (nSPS) is 13.5. The molecule has 1 aromatic carbocycles. The van der Waals surface area contributed by atoms with E-state index in [2.05, 4.69) is 64.8 Å². The van der Waals surface area contributed by atoms with E-state index in [0.29, 0.717) is 0 Å². The molecule has 0 heterocycles. The lowest BCUT2D eigenvalue weighted by Crippen LogP contribution is -2.26. The molecule has 0 saturated heterocycles. The van der Waals surface area contributed by atoms with E-state index in [1.54, 1.807) is 0 Å². The second-order valence-electron chi connectivity index (χ2n) is 6.44. The van der Waals surface area contributed by atoms with E-state index in [-0.39, 0.29) is 11.5 Å². The standard InChI is InChI=1S/C16H28N2/c1-12-7-8-14(16(3,4)5)11-15(12)18(6)10-9-13(2)17/h7-8,11,13H,9-10,17H2,1-6H3. The predicted molar refractivity (Wildman–Crippen MR) is 81.4 cm³/mol. The fraction of sp³-hybridized carbons (Fsp3) is 0.625. The van der Waals surface area contributed by atoms with Gasteiger partial charge in [0, 0.05) is 25.3 Å². The summed E-state index contributed by atoms with van der Waals surface area (Å²) in [5.41, 5.74) is 10.1. The molecular formula is C16H28N2. The van der Waals surface area contributed by atoms with Crippen molar-refractivity contribution in [2.24, 2.45) is 5.73 Å². The van der Waals surface area contributed by atoms with Crippen LogP contribution in [0.25, 0.3) is 0 Å². The van der Waals surface area contributed by atoms with Crippen LogP contribution in [0.2, 0.25) is 0 Å². The lowest BCUT2D eigenvalue weighted by molar-refractivity contribution is 0.589. The van der Waals surface area contributed by atoms with Crippen molar-refractivity contribution >= 4 is 5.69 Å². The first kappa shape index (κ1) is 15.0. The lowest BCUT2D eigenvalue weighted by atomic mass is 9.86. The van der Waals surface area contributed by atoms with E-state index in [0.717, 1.165) is 13.0 Å². The zero-order chi connectivity index (χ0) is 13.9. The first-order valence-corrected chi connectivity index (χ1v) is 6.79. The van der Waals surface area contributed by atoms with Crippen LogP contribution in [0.15, 0.2) is 18.2 Å². The van der Waals surface area contributed by atoms with Gasteiger partial charge >= 0.3 is 0 Å². The van der Waals surface area contributed by atoms with E-state index in [4.69, 9.17) is 5.73 Å². The van der Waals surface area contributed by atoms with Crippen LogP contribution in [0, 0.1) is 6.92 Å². The molecule has 18 heavy (non-hydrogen) atoms. The van der Waals surface area contributed by atoms with Gasteiger partial charge in [-0.1, -0.05) is 32.9 Å². The van der Waals surface area contributed by atoms with Crippen molar-refractivity contribution in [3.8, 4) is 0 Å². The highest BCUT2D eigenvalue weighted by molar-refractivity contribution is 5.55. The maximum absolute atomic E-state index is 5.83. The summed E-state index contributed by atoms with van der Waals surface area (Å²) in [6.07, 6.45) is 1.02. The molecule has 0 aromatic heterocycles. The van der Waals surface area contributed by atoms with Crippen LogP contribution in [0.1, 0.15) is 45.2 Å². The number of benzene rings is 1. The van der Waals surface area contributed by atoms with E-state index >= 15 is 0 Å². The molecule has 1 rings (SSSR count). The summed E-state index contributed by atoms with van der Waals surface area (Å²) in [7, 11) is 2.15. The molecule has 1 atom stereocenters. The van der Waals surface area contributed by atoms with Gasteiger partial charge < -0.3 is 10.6 Å². The van der Waals surface area contributed by atoms with E-state index in [1.165, 1.54) is 16.8 Å². The zero-order valence-corrected chi connectivity index (χ0v) is 12.7. The van der Waals surface area contributed by atoms with Crippen LogP contribution in [0.3, 0.4) is 0 Å². The number of rotatable bonds is 4. The molecule has 2 heteroatoms. The van der Waals surface area contributed by atoms with Gasteiger partial charge in [0.2, 0.25) is 0 Å². The highest BCUT2D eigenvalue weighted by atomic mass is 15.1. The average Bonchev–Trinajstić information content (AvgIpc) is 2.24. The molecule has 102 valence electrons. The van der Waals surface area contributed by atoms with Crippen molar-refractivity contribution in [3.63, 3.8) is 0 Å². The van der Waals surface area contributed by atoms with Crippen LogP contribution >= 0.6 is 0 Å². The van der Waals surface area contributed by atoms with Gasteiger partial charge in [-0.15, -0.1) is 0 Å². The third-order valence-electron chi connectivity index (χ3n) is 3.41. The van der Waals surface area contributed by atoms with Gasteiger partial charge in [-0.05, 0) is 42.9 Å². The maximum atomic E-state index is 5.83. The number of nitrogens with two attached hydrogens (primary N) is 1. The Labute approximate surface area is 112 Å². The topological polar surface area (TPSA) is 29.3 Å². The molecule has 0 spiro atoms. The minimum atomic E-state index is 0.199. The summed E-state index contributed by atoms with van der Waals surface area (Å²) >= 11 is 0. The second-order valence-corrected chi connectivity index (χ2v) is 6.44. The van der Waals surface area contributed by atoms with Gasteiger partial charge in [-0.3, -0.25) is 0 Å². The molecule has 0 aliphatic heterocycles. The van der Waals surface area contributed by atoms with E-state index in [1.807, 2.05) is 0 Å². The molecule has 1 unspecified atom stereocenters. The summed E-state index contributed by atoms with van der Waals surface area (Å²) in [6.45, 7) is 12.0. The van der Waals surface area contributed by atoms with Crippen LogP contribution in [-0.4, -0.2) is 19.6 Å². The third kappa shape index (κ3) is 4.02. The van der Waals surface area contributed by atoms with Crippen LogP contribution in [0.4, 0.5) is 5.69 Å². The highest BCUT2D eigenvalue weighted by Gasteiger charge is 2.16. The molecule has 0 radical (unpaired) electrons. The van der Waals surface area contributed by atoms with Crippen molar-refractivity contribution in [1.82, 2.24) is 0 Å². The Morgan fingerprint density at radius 2 is 1.89 bits per heavy atom. The van der Waals surface area contributed by atoms with Crippen molar-refractivity contribution < 1.29 is 0 Å². The van der Waals surface area contributed by atoms with Crippen LogP contribution in [-0.2, 0) is 5.41 Å². The molecular weight excluding hydrogens is 220 g/mol. The molecule has 2 N–H and O–H groups in total. The van der Waals surface area contributed by atoms with Gasteiger partial charge in [0.25, 0.3) is 0 Å². The summed E-state index contributed by atoms with van der Waals surface area (Å²) < 4.78 is 0. The van der Waals surface area contributed by atoms with Crippen molar-refractivity contribution in [2.75, 3.05) is 18.5 Å². The van der Waals surface area contributed by atoms with Gasteiger partial charge in [-0.2, -0.15) is 0 Å². The highest BCUT2D eigenvalue weighted by Crippen LogP contribution is 2.28.